The lowest BCUT2D eigenvalue weighted by Gasteiger charge is -2.28. The molecule has 3 aliphatic heterocycles. The summed E-state index contributed by atoms with van der Waals surface area (Å²) in [5.41, 5.74) is 7.86. The predicted octanol–water partition coefficient (Wildman–Crippen LogP) is 13.4. The summed E-state index contributed by atoms with van der Waals surface area (Å²) in [5.74, 6) is -1.26. The van der Waals surface area contributed by atoms with Crippen LogP contribution in [0.5, 0.6) is 17.2 Å². The van der Waals surface area contributed by atoms with E-state index in [4.69, 9.17) is 18.9 Å². The molecule has 86 heavy (non-hydrogen) atoms. The van der Waals surface area contributed by atoms with Gasteiger partial charge in [0.25, 0.3) is 0 Å². The Balaban J connectivity index is 0.000000151. The number of alkyl halides is 1. The third-order valence-corrected chi connectivity index (χ3v) is 15.1. The standard InChI is InChI=1S/C22H24FN3O3.2C20H20FN3O3.C2H5I/c1-3-28-21-8-7-15(23)12-17(21)19-6-5-10-25(19)16-9-11-26-20(13-16)18(14-24-26)22(27)29-4-2;1-2-27-19-6-5-13(21)10-15(19)17-4-3-8-23(17)14-7-9-24-18(11-14)16(12-22-24)20(25)26;1-2-27-20(26)16-12-22-24-9-7-14(11-18(16)24)23-8-3-4-17(23)15-10-13(21)5-6-19(15)25;1-2-3/h7-9,11-14,19H,3-6,10H2,1-2H3;5-7,9-12,17H,2-4,8H2,1H3,(H,25,26);5-7,9-12,17,25H,2-4,8H2,1H3;2H2,1H3/t19-;2*17-;/m111./s1. The molecule has 3 aromatic carbocycles. The predicted molar refractivity (Wildman–Crippen MR) is 330 cm³/mol. The van der Waals surface area contributed by atoms with Crippen LogP contribution in [0.2, 0.25) is 0 Å². The topological polar surface area (TPSA) is 190 Å². The molecule has 3 atom stereocenters. The second kappa shape index (κ2) is 28.6. The quantitative estimate of drug-likeness (QED) is 0.0559. The van der Waals surface area contributed by atoms with E-state index in [1.807, 2.05) is 56.4 Å². The number of carbonyl (C=O) groups excluding carboxylic acids is 2. The number of aromatic hydroxyl groups is 1. The minimum absolute atomic E-state index is 0.00339. The molecule has 0 aliphatic carbocycles. The van der Waals surface area contributed by atoms with Crippen molar-refractivity contribution in [1.29, 1.82) is 0 Å². The molecule has 9 aromatic rings. The van der Waals surface area contributed by atoms with Crippen LogP contribution < -0.4 is 24.2 Å². The molecular formula is C64H69F3IN9O9. The van der Waals surface area contributed by atoms with Crippen molar-refractivity contribution >= 4 is 74.1 Å². The molecule has 2 N–H and O–H groups in total. The maximum atomic E-state index is 14.0. The van der Waals surface area contributed by atoms with E-state index in [-0.39, 0.29) is 52.9 Å². The van der Waals surface area contributed by atoms with Crippen molar-refractivity contribution in [2.45, 2.75) is 91.3 Å². The number of carboxylic acid groups (broad SMARTS) is 1. The van der Waals surface area contributed by atoms with Crippen molar-refractivity contribution in [3.63, 3.8) is 0 Å². The monoisotopic (exact) mass is 1290 g/mol. The van der Waals surface area contributed by atoms with Crippen LogP contribution in [0.25, 0.3) is 16.6 Å². The second-order valence-corrected chi connectivity index (χ2v) is 21.8. The number of pyridine rings is 3. The van der Waals surface area contributed by atoms with E-state index in [9.17, 15) is 37.8 Å². The largest absolute Gasteiger partial charge is 0.508 e. The van der Waals surface area contributed by atoms with Crippen LogP contribution in [0, 0.1) is 17.5 Å². The van der Waals surface area contributed by atoms with Gasteiger partial charge in [0.1, 0.15) is 51.4 Å². The number of anilines is 3. The molecule has 9 heterocycles. The normalized spacial score (nSPS) is 16.3. The van der Waals surface area contributed by atoms with E-state index < -0.39 is 11.9 Å². The van der Waals surface area contributed by atoms with Crippen LogP contribution in [0.15, 0.2) is 128 Å². The Kier molecular flexibility index (Phi) is 20.6. The lowest BCUT2D eigenvalue weighted by atomic mass is 10.0. The number of esters is 2. The lowest BCUT2D eigenvalue weighted by Crippen LogP contribution is -2.23. The minimum Gasteiger partial charge on any atom is -0.508 e. The highest BCUT2D eigenvalue weighted by atomic mass is 127. The summed E-state index contributed by atoms with van der Waals surface area (Å²) in [6, 6.07) is 24.6. The van der Waals surface area contributed by atoms with Crippen molar-refractivity contribution in [3.8, 4) is 17.2 Å². The zero-order valence-electron chi connectivity index (χ0n) is 48.5. The van der Waals surface area contributed by atoms with Gasteiger partial charge in [0.05, 0.1) is 79.7 Å². The average molecular weight is 1290 g/mol. The molecule has 0 amide bonds. The average Bonchev–Trinajstić information content (AvgIpc) is 2.06. The first-order valence-electron chi connectivity index (χ1n) is 28.9. The van der Waals surface area contributed by atoms with Gasteiger partial charge >= 0.3 is 17.9 Å². The molecule has 18 nitrogen and oxygen atoms in total. The number of phenolic OH excluding ortho intramolecular Hbond substituents is 1. The van der Waals surface area contributed by atoms with Gasteiger partial charge < -0.3 is 43.9 Å². The molecule has 3 saturated heterocycles. The Bertz CT molecular complexity index is 3840. The number of nitrogens with zero attached hydrogens (tertiary/aromatic N) is 9. The Hall–Kier alpha value is -8.54. The highest BCUT2D eigenvalue weighted by Gasteiger charge is 2.33. The highest BCUT2D eigenvalue weighted by molar-refractivity contribution is 14.1. The number of hydrogen-bond acceptors (Lipinski definition) is 14. The Morgan fingerprint density at radius 1 is 0.512 bits per heavy atom. The summed E-state index contributed by atoms with van der Waals surface area (Å²) >= 11 is 2.29. The van der Waals surface area contributed by atoms with Gasteiger partial charge in [-0.1, -0.05) is 29.5 Å². The summed E-state index contributed by atoms with van der Waals surface area (Å²) in [6.45, 7) is 13.5. The second-order valence-electron chi connectivity index (χ2n) is 20.3. The van der Waals surface area contributed by atoms with Crippen LogP contribution in [-0.2, 0) is 9.47 Å². The van der Waals surface area contributed by atoms with Crippen molar-refractivity contribution in [2.24, 2.45) is 0 Å². The van der Waals surface area contributed by atoms with Crippen molar-refractivity contribution in [1.82, 2.24) is 28.8 Å². The number of carboxylic acids is 1. The molecule has 0 spiro atoms. The van der Waals surface area contributed by atoms with Gasteiger partial charge in [-0.25, -0.2) is 41.1 Å². The van der Waals surface area contributed by atoms with E-state index >= 15 is 0 Å². The summed E-state index contributed by atoms with van der Waals surface area (Å²) in [7, 11) is 0. The number of carbonyl (C=O) groups is 3. The number of aromatic carboxylic acids is 1. The van der Waals surface area contributed by atoms with Crippen LogP contribution in [0.1, 0.15) is 139 Å². The molecular weight excluding hydrogens is 1220 g/mol. The molecule has 22 heteroatoms. The molecule has 6 aromatic heterocycles. The fraction of sp³-hybridized carbons (Fsp3) is 0.344. The van der Waals surface area contributed by atoms with Gasteiger partial charge in [-0.3, -0.25) is 0 Å². The summed E-state index contributed by atoms with van der Waals surface area (Å²) in [5, 5.41) is 32.1. The summed E-state index contributed by atoms with van der Waals surface area (Å²) in [6.07, 6.45) is 15.2. The van der Waals surface area contributed by atoms with Crippen LogP contribution in [-0.4, -0.2) is 107 Å². The molecule has 0 bridgehead atoms. The van der Waals surface area contributed by atoms with E-state index in [1.54, 1.807) is 58.0 Å². The number of benzene rings is 3. The third kappa shape index (κ3) is 13.7. The number of rotatable bonds is 15. The van der Waals surface area contributed by atoms with Gasteiger partial charge in [-0.15, -0.1) is 0 Å². The number of fused-ring (bicyclic) bond motifs is 3. The van der Waals surface area contributed by atoms with Gasteiger partial charge in [-0.05, 0) is 162 Å². The number of halogens is 4. The summed E-state index contributed by atoms with van der Waals surface area (Å²) in [4.78, 5) is 42.4. The molecule has 0 radical (unpaired) electrons. The summed E-state index contributed by atoms with van der Waals surface area (Å²) < 4.78 is 69.4. The SMILES string of the molecule is CCI.CCOC(=O)c1cnn2ccc(N3CCC[C@@H]3c3cc(F)ccc3O)cc12.CCOC(=O)c1cnn2ccc(N3CCC[C@@H]3c3cc(F)ccc3OCC)cc12.CCOc1ccc(F)cc1[C@H]1CCCN1c1ccn2ncc(C(=O)O)c2c1. The number of phenols is 1. The molecule has 0 unspecified atom stereocenters. The van der Waals surface area contributed by atoms with Gasteiger partial charge in [0.2, 0.25) is 0 Å². The zero-order chi connectivity index (χ0) is 61.0. The molecule has 0 saturated carbocycles. The van der Waals surface area contributed by atoms with Crippen LogP contribution >= 0.6 is 22.6 Å². The highest BCUT2D eigenvalue weighted by Crippen LogP contribution is 2.44. The molecule has 3 aliphatic rings. The van der Waals surface area contributed by atoms with Crippen LogP contribution in [0.3, 0.4) is 0 Å². The maximum absolute atomic E-state index is 14.0. The van der Waals surface area contributed by atoms with Crippen molar-refractivity contribution in [2.75, 3.05) is 65.2 Å². The van der Waals surface area contributed by atoms with E-state index in [1.165, 1.54) is 59.4 Å². The number of hydrogen-bond donors (Lipinski definition) is 2. The fourth-order valence-electron chi connectivity index (χ4n) is 11.5. The van der Waals surface area contributed by atoms with Crippen molar-refractivity contribution in [3.05, 3.63) is 179 Å². The number of aromatic nitrogens is 6. The molecule has 452 valence electrons. The van der Waals surface area contributed by atoms with E-state index in [2.05, 4.69) is 59.5 Å². The van der Waals surface area contributed by atoms with Gasteiger partial charge in [0.15, 0.2) is 0 Å². The third-order valence-electron chi connectivity index (χ3n) is 15.1. The first-order chi connectivity index (χ1) is 41.7. The first kappa shape index (κ1) is 62.0. The zero-order valence-corrected chi connectivity index (χ0v) is 50.7. The Labute approximate surface area is 509 Å². The first-order valence-corrected chi connectivity index (χ1v) is 30.4. The maximum Gasteiger partial charge on any atom is 0.341 e. The smallest absolute Gasteiger partial charge is 0.341 e. The van der Waals surface area contributed by atoms with Gasteiger partial charge in [-0.2, -0.15) is 15.3 Å². The van der Waals surface area contributed by atoms with Crippen LogP contribution in [0.4, 0.5) is 30.2 Å². The molecule has 3 fully saturated rings. The lowest BCUT2D eigenvalue weighted by molar-refractivity contribution is 0.0519. The van der Waals surface area contributed by atoms with E-state index in [0.29, 0.717) is 71.2 Å². The Morgan fingerprint density at radius 2 is 0.860 bits per heavy atom. The fourth-order valence-corrected chi connectivity index (χ4v) is 11.5. The number of ether oxygens (including phenoxy) is 4. The van der Waals surface area contributed by atoms with Crippen molar-refractivity contribution < 1.29 is 56.7 Å². The molecule has 12 rings (SSSR count). The van der Waals surface area contributed by atoms with Gasteiger partial charge in [0, 0.05) is 72.0 Å². The Morgan fingerprint density at radius 3 is 1.23 bits per heavy atom. The van der Waals surface area contributed by atoms with E-state index in [0.717, 1.165) is 86.3 Å². The minimum atomic E-state index is -1.01.